The van der Waals surface area contributed by atoms with Crippen LogP contribution in [0.5, 0.6) is 0 Å². The monoisotopic (exact) mass is 218 g/mol. The van der Waals surface area contributed by atoms with Crippen molar-refractivity contribution in [1.29, 1.82) is 0 Å². The minimum atomic E-state index is 0.817. The van der Waals surface area contributed by atoms with Crippen molar-refractivity contribution in [3.05, 3.63) is 34.6 Å². The highest BCUT2D eigenvalue weighted by Gasteiger charge is 2.10. The second-order valence-corrected chi connectivity index (χ2v) is 5.08. The highest BCUT2D eigenvalue weighted by atomic mass is 16.5. The van der Waals surface area contributed by atoms with E-state index in [9.17, 15) is 0 Å². The average Bonchev–Trinajstić information content (AvgIpc) is 2.68. The molecule has 0 amide bonds. The van der Waals surface area contributed by atoms with Gasteiger partial charge in [-0.25, -0.2) is 0 Å². The van der Waals surface area contributed by atoms with Crippen molar-refractivity contribution in [2.75, 3.05) is 6.61 Å². The molecule has 0 N–H and O–H groups in total. The Morgan fingerprint density at radius 1 is 1.19 bits per heavy atom. The van der Waals surface area contributed by atoms with E-state index in [4.69, 9.17) is 4.74 Å². The minimum absolute atomic E-state index is 0.817. The molecule has 2 aliphatic carbocycles. The van der Waals surface area contributed by atoms with Crippen molar-refractivity contribution in [2.24, 2.45) is 0 Å². The van der Waals surface area contributed by atoms with E-state index in [1.54, 1.807) is 5.57 Å². The average molecular weight is 218 g/mol. The van der Waals surface area contributed by atoms with Crippen LogP contribution in [0.2, 0.25) is 0 Å². The van der Waals surface area contributed by atoms with Gasteiger partial charge < -0.3 is 4.74 Å². The normalized spacial score (nSPS) is 23.9. The molecule has 0 aliphatic heterocycles. The Hall–Kier alpha value is -0.980. The van der Waals surface area contributed by atoms with Crippen molar-refractivity contribution in [2.45, 2.75) is 52.4 Å². The number of allylic oxidation sites excluding steroid dienone is 4. The van der Waals surface area contributed by atoms with Crippen LogP contribution in [-0.4, -0.2) is 6.61 Å². The highest BCUT2D eigenvalue weighted by molar-refractivity contribution is 5.19. The van der Waals surface area contributed by atoms with Gasteiger partial charge in [-0.05, 0) is 63.5 Å². The third kappa shape index (κ3) is 3.01. The molecule has 0 saturated heterocycles. The first-order valence-corrected chi connectivity index (χ1v) is 6.38. The summed E-state index contributed by atoms with van der Waals surface area (Å²) in [6, 6.07) is 0. The molecule has 0 atom stereocenters. The summed E-state index contributed by atoms with van der Waals surface area (Å²) in [6.07, 6.45) is 11.6. The standard InChI is InChI=1S/C15H22O/c1-12-6-8-14(9-7-12)10-16-11-15-5-3-4-13(15)2/h6,10H,3-5,7-9,11H2,1-2H3/b14-10+. The summed E-state index contributed by atoms with van der Waals surface area (Å²) in [4.78, 5) is 0. The third-order valence-corrected chi connectivity index (χ3v) is 3.69. The van der Waals surface area contributed by atoms with Gasteiger partial charge in [-0.2, -0.15) is 0 Å². The van der Waals surface area contributed by atoms with E-state index in [2.05, 4.69) is 19.9 Å². The Labute approximate surface area is 98.9 Å². The zero-order valence-corrected chi connectivity index (χ0v) is 10.5. The summed E-state index contributed by atoms with van der Waals surface area (Å²) < 4.78 is 5.71. The molecule has 88 valence electrons. The predicted octanol–water partition coefficient (Wildman–Crippen LogP) is 4.52. The molecule has 0 unspecified atom stereocenters. The molecule has 16 heavy (non-hydrogen) atoms. The molecule has 0 saturated carbocycles. The Balaban J connectivity index is 1.79. The maximum absolute atomic E-state index is 5.71. The first-order valence-electron chi connectivity index (χ1n) is 6.38. The van der Waals surface area contributed by atoms with Crippen LogP contribution in [0.15, 0.2) is 34.6 Å². The van der Waals surface area contributed by atoms with Gasteiger partial charge in [0.15, 0.2) is 0 Å². The molecule has 0 aromatic heterocycles. The van der Waals surface area contributed by atoms with Crippen LogP contribution >= 0.6 is 0 Å². The Bertz CT molecular complexity index is 344. The molecular weight excluding hydrogens is 196 g/mol. The van der Waals surface area contributed by atoms with Crippen LogP contribution in [0, 0.1) is 0 Å². The maximum Gasteiger partial charge on any atom is 0.109 e. The molecule has 0 bridgehead atoms. The summed E-state index contributed by atoms with van der Waals surface area (Å²) in [5, 5.41) is 0. The molecule has 0 aromatic rings. The number of hydrogen-bond acceptors (Lipinski definition) is 1. The molecule has 2 rings (SSSR count). The fourth-order valence-corrected chi connectivity index (χ4v) is 2.39. The number of hydrogen-bond donors (Lipinski definition) is 0. The van der Waals surface area contributed by atoms with Crippen molar-refractivity contribution in [1.82, 2.24) is 0 Å². The summed E-state index contributed by atoms with van der Waals surface area (Å²) >= 11 is 0. The molecule has 0 fully saturated rings. The SMILES string of the molecule is CC1=CC/C(=C\OCC2=C(C)CCC2)CC1. The van der Waals surface area contributed by atoms with Crippen LogP contribution in [0.1, 0.15) is 52.4 Å². The first kappa shape index (κ1) is 11.5. The van der Waals surface area contributed by atoms with Crippen molar-refractivity contribution in [3.8, 4) is 0 Å². The highest BCUT2D eigenvalue weighted by Crippen LogP contribution is 2.26. The van der Waals surface area contributed by atoms with Crippen LogP contribution in [0.4, 0.5) is 0 Å². The topological polar surface area (TPSA) is 9.23 Å². The lowest BCUT2D eigenvalue weighted by molar-refractivity contribution is 0.272. The van der Waals surface area contributed by atoms with Crippen molar-refractivity contribution >= 4 is 0 Å². The van der Waals surface area contributed by atoms with Gasteiger partial charge in [-0.3, -0.25) is 0 Å². The van der Waals surface area contributed by atoms with Gasteiger partial charge in [0, 0.05) is 0 Å². The molecule has 1 nitrogen and oxygen atoms in total. The van der Waals surface area contributed by atoms with Crippen LogP contribution < -0.4 is 0 Å². The number of ether oxygens (including phenoxy) is 1. The zero-order valence-electron chi connectivity index (χ0n) is 10.5. The van der Waals surface area contributed by atoms with Crippen LogP contribution in [0.3, 0.4) is 0 Å². The van der Waals surface area contributed by atoms with Gasteiger partial charge >= 0.3 is 0 Å². The van der Waals surface area contributed by atoms with E-state index >= 15 is 0 Å². The van der Waals surface area contributed by atoms with Crippen LogP contribution in [-0.2, 0) is 4.74 Å². The van der Waals surface area contributed by atoms with Gasteiger partial charge in [-0.1, -0.05) is 17.2 Å². The first-order chi connectivity index (χ1) is 7.75. The second-order valence-electron chi connectivity index (χ2n) is 5.08. The molecular formula is C15H22O. The quantitative estimate of drug-likeness (QED) is 0.500. The van der Waals surface area contributed by atoms with E-state index in [0.717, 1.165) is 13.0 Å². The van der Waals surface area contributed by atoms with Crippen molar-refractivity contribution < 1.29 is 4.74 Å². The Morgan fingerprint density at radius 3 is 2.69 bits per heavy atom. The van der Waals surface area contributed by atoms with E-state index in [-0.39, 0.29) is 0 Å². The smallest absolute Gasteiger partial charge is 0.109 e. The summed E-state index contributed by atoms with van der Waals surface area (Å²) in [7, 11) is 0. The van der Waals surface area contributed by atoms with Gasteiger partial charge in [0.1, 0.15) is 6.61 Å². The van der Waals surface area contributed by atoms with Crippen LogP contribution in [0.25, 0.3) is 0 Å². The van der Waals surface area contributed by atoms with E-state index in [1.165, 1.54) is 48.8 Å². The largest absolute Gasteiger partial charge is 0.497 e. The lowest BCUT2D eigenvalue weighted by Gasteiger charge is -2.13. The lowest BCUT2D eigenvalue weighted by Crippen LogP contribution is -1.96. The van der Waals surface area contributed by atoms with Gasteiger partial charge in [-0.15, -0.1) is 0 Å². The predicted molar refractivity (Wildman–Crippen MR) is 68.2 cm³/mol. The number of rotatable bonds is 3. The lowest BCUT2D eigenvalue weighted by atomic mass is 9.97. The van der Waals surface area contributed by atoms with E-state index < -0.39 is 0 Å². The Morgan fingerprint density at radius 2 is 2.06 bits per heavy atom. The molecule has 0 radical (unpaired) electrons. The van der Waals surface area contributed by atoms with E-state index in [0.29, 0.717) is 0 Å². The second kappa shape index (κ2) is 5.38. The van der Waals surface area contributed by atoms with Gasteiger partial charge in [0.25, 0.3) is 0 Å². The molecule has 0 heterocycles. The molecule has 0 spiro atoms. The summed E-state index contributed by atoms with van der Waals surface area (Å²) in [5.74, 6) is 0. The minimum Gasteiger partial charge on any atom is -0.497 e. The van der Waals surface area contributed by atoms with Crippen molar-refractivity contribution in [3.63, 3.8) is 0 Å². The summed E-state index contributed by atoms with van der Waals surface area (Å²) in [6.45, 7) is 5.27. The molecule has 2 aliphatic rings. The molecule has 0 aromatic carbocycles. The summed E-state index contributed by atoms with van der Waals surface area (Å²) in [5.41, 5.74) is 6.05. The molecule has 1 heteroatoms. The Kier molecular flexibility index (Phi) is 3.87. The zero-order chi connectivity index (χ0) is 11.4. The maximum atomic E-state index is 5.71. The fraction of sp³-hybridized carbons (Fsp3) is 0.600. The third-order valence-electron chi connectivity index (χ3n) is 3.69. The van der Waals surface area contributed by atoms with E-state index in [1.807, 2.05) is 6.26 Å². The van der Waals surface area contributed by atoms with Gasteiger partial charge in [0.05, 0.1) is 6.26 Å². The van der Waals surface area contributed by atoms with Gasteiger partial charge in [0.2, 0.25) is 0 Å². The fourth-order valence-electron chi connectivity index (χ4n) is 2.39.